The Bertz CT molecular complexity index is 550. The van der Waals surface area contributed by atoms with E-state index in [4.69, 9.17) is 0 Å². The number of nitrogens with one attached hydrogen (secondary N) is 2. The monoisotopic (exact) mass is 292 g/mol. The highest BCUT2D eigenvalue weighted by molar-refractivity contribution is 7.18. The van der Waals surface area contributed by atoms with Crippen molar-refractivity contribution in [2.75, 3.05) is 23.7 Å². The Labute approximate surface area is 125 Å². The van der Waals surface area contributed by atoms with Crippen LogP contribution in [0.15, 0.2) is 6.07 Å². The largest absolute Gasteiger partial charge is 0.369 e. The van der Waals surface area contributed by atoms with E-state index >= 15 is 0 Å². The predicted octanol–water partition coefficient (Wildman–Crippen LogP) is 4.42. The smallest absolute Gasteiger partial charge is 0.226 e. The molecule has 0 saturated carbocycles. The quantitative estimate of drug-likeness (QED) is 0.707. The Kier molecular flexibility index (Phi) is 5.59. The van der Waals surface area contributed by atoms with Crippen LogP contribution in [0.5, 0.6) is 0 Å². The summed E-state index contributed by atoms with van der Waals surface area (Å²) in [5, 5.41) is 7.89. The number of hydrogen-bond acceptors (Lipinski definition) is 5. The second-order valence-electron chi connectivity index (χ2n) is 5.03. The Balaban J connectivity index is 2.19. The van der Waals surface area contributed by atoms with Gasteiger partial charge in [0.1, 0.15) is 10.6 Å². The topological polar surface area (TPSA) is 49.8 Å². The third-order valence-corrected chi connectivity index (χ3v) is 4.07. The maximum atomic E-state index is 4.62. The van der Waals surface area contributed by atoms with Crippen LogP contribution in [0.25, 0.3) is 10.2 Å². The molecule has 5 heteroatoms. The van der Waals surface area contributed by atoms with Crippen molar-refractivity contribution in [2.45, 2.75) is 46.5 Å². The minimum atomic E-state index is 0.735. The van der Waals surface area contributed by atoms with Crippen LogP contribution in [0.1, 0.15) is 44.4 Å². The van der Waals surface area contributed by atoms with Crippen molar-refractivity contribution < 1.29 is 0 Å². The molecule has 0 bridgehead atoms. The van der Waals surface area contributed by atoms with Gasteiger partial charge in [0.15, 0.2) is 0 Å². The average Bonchev–Trinajstić information content (AvgIpc) is 2.81. The molecule has 4 nitrogen and oxygen atoms in total. The molecule has 0 aliphatic heterocycles. The van der Waals surface area contributed by atoms with Gasteiger partial charge in [-0.15, -0.1) is 11.3 Å². The van der Waals surface area contributed by atoms with E-state index in [9.17, 15) is 0 Å². The maximum Gasteiger partial charge on any atom is 0.226 e. The van der Waals surface area contributed by atoms with Gasteiger partial charge in [0.2, 0.25) is 5.95 Å². The van der Waals surface area contributed by atoms with Crippen LogP contribution in [0.2, 0.25) is 0 Å². The molecule has 0 aliphatic carbocycles. The molecule has 2 aromatic heterocycles. The van der Waals surface area contributed by atoms with Crippen LogP contribution in [-0.4, -0.2) is 23.1 Å². The minimum Gasteiger partial charge on any atom is -0.369 e. The number of hydrogen-bond donors (Lipinski definition) is 2. The van der Waals surface area contributed by atoms with Gasteiger partial charge in [-0.25, -0.2) is 4.98 Å². The van der Waals surface area contributed by atoms with Crippen molar-refractivity contribution in [2.24, 2.45) is 0 Å². The van der Waals surface area contributed by atoms with Gasteiger partial charge >= 0.3 is 0 Å². The van der Waals surface area contributed by atoms with Crippen molar-refractivity contribution >= 4 is 33.3 Å². The Morgan fingerprint density at radius 1 is 1.05 bits per heavy atom. The molecule has 110 valence electrons. The van der Waals surface area contributed by atoms with E-state index in [0.29, 0.717) is 0 Å². The number of aromatic nitrogens is 2. The molecule has 0 amide bonds. The Morgan fingerprint density at radius 2 is 1.90 bits per heavy atom. The summed E-state index contributed by atoms with van der Waals surface area (Å²) in [5.41, 5.74) is 0. The van der Waals surface area contributed by atoms with Crippen molar-refractivity contribution in [3.05, 3.63) is 10.9 Å². The summed E-state index contributed by atoms with van der Waals surface area (Å²) in [5.74, 6) is 1.70. The third-order valence-electron chi connectivity index (χ3n) is 3.12. The molecule has 0 spiro atoms. The average molecular weight is 292 g/mol. The number of unbranched alkanes of at least 4 members (excludes halogenated alkanes) is 2. The molecule has 0 unspecified atom stereocenters. The van der Waals surface area contributed by atoms with Gasteiger partial charge in [-0.2, -0.15) is 4.98 Å². The number of thiophene rings is 1. The number of rotatable bonds is 8. The molecular weight excluding hydrogens is 268 g/mol. The number of aryl methyl sites for hydroxylation is 1. The van der Waals surface area contributed by atoms with Crippen LogP contribution in [0.3, 0.4) is 0 Å². The van der Waals surface area contributed by atoms with Gasteiger partial charge in [-0.05, 0) is 25.8 Å². The first-order valence-corrected chi connectivity index (χ1v) is 8.32. The lowest BCUT2D eigenvalue weighted by molar-refractivity contribution is 0.742. The van der Waals surface area contributed by atoms with E-state index in [-0.39, 0.29) is 0 Å². The molecule has 2 aromatic rings. The van der Waals surface area contributed by atoms with Crippen LogP contribution in [-0.2, 0) is 0 Å². The van der Waals surface area contributed by atoms with Gasteiger partial charge in [0.05, 0.1) is 5.39 Å². The van der Waals surface area contributed by atoms with Crippen LogP contribution >= 0.6 is 11.3 Å². The van der Waals surface area contributed by atoms with Crippen molar-refractivity contribution in [3.63, 3.8) is 0 Å². The summed E-state index contributed by atoms with van der Waals surface area (Å²) in [6.45, 7) is 8.36. The standard InChI is InChI=1S/C15H24N4S/c1-4-6-7-9-16-13-12-10-11(3)20-14(12)19-15(18-13)17-8-5-2/h10H,4-9H2,1-3H3,(H2,16,17,18,19). The molecule has 2 heterocycles. The minimum absolute atomic E-state index is 0.735. The van der Waals surface area contributed by atoms with Crippen molar-refractivity contribution in [1.29, 1.82) is 0 Å². The normalized spacial score (nSPS) is 10.9. The second kappa shape index (κ2) is 7.43. The third kappa shape index (κ3) is 3.82. The first kappa shape index (κ1) is 15.0. The summed E-state index contributed by atoms with van der Waals surface area (Å²) in [4.78, 5) is 11.6. The highest BCUT2D eigenvalue weighted by Gasteiger charge is 2.10. The zero-order chi connectivity index (χ0) is 14.4. The van der Waals surface area contributed by atoms with Crippen molar-refractivity contribution in [3.8, 4) is 0 Å². The highest BCUT2D eigenvalue weighted by atomic mass is 32.1. The molecule has 0 fully saturated rings. The fourth-order valence-electron chi connectivity index (χ4n) is 2.07. The van der Waals surface area contributed by atoms with E-state index in [2.05, 4.69) is 47.4 Å². The van der Waals surface area contributed by atoms with Crippen molar-refractivity contribution in [1.82, 2.24) is 9.97 Å². The SMILES string of the molecule is CCCCCNc1nc(NCCC)nc2sc(C)cc12. The zero-order valence-corrected chi connectivity index (χ0v) is 13.4. The molecule has 2 N–H and O–H groups in total. The Morgan fingerprint density at radius 3 is 2.65 bits per heavy atom. The molecule has 0 atom stereocenters. The second-order valence-corrected chi connectivity index (χ2v) is 6.27. The molecular formula is C15H24N4S. The predicted molar refractivity (Wildman–Crippen MR) is 88.9 cm³/mol. The Hall–Kier alpha value is -1.36. The lowest BCUT2D eigenvalue weighted by Crippen LogP contribution is -2.08. The van der Waals surface area contributed by atoms with E-state index in [0.717, 1.165) is 41.5 Å². The van der Waals surface area contributed by atoms with Crippen LogP contribution in [0, 0.1) is 6.92 Å². The number of fused-ring (bicyclic) bond motifs is 1. The lowest BCUT2D eigenvalue weighted by Gasteiger charge is -2.09. The molecule has 0 saturated heterocycles. The van der Waals surface area contributed by atoms with Crippen LogP contribution < -0.4 is 10.6 Å². The molecule has 0 aromatic carbocycles. The summed E-state index contributed by atoms with van der Waals surface area (Å²) in [6.07, 6.45) is 4.75. The number of anilines is 2. The summed E-state index contributed by atoms with van der Waals surface area (Å²) in [6, 6.07) is 2.17. The molecule has 20 heavy (non-hydrogen) atoms. The summed E-state index contributed by atoms with van der Waals surface area (Å²) >= 11 is 1.73. The first-order valence-electron chi connectivity index (χ1n) is 7.50. The van der Waals surface area contributed by atoms with E-state index in [1.54, 1.807) is 11.3 Å². The van der Waals surface area contributed by atoms with Gasteiger partial charge in [-0.3, -0.25) is 0 Å². The fourth-order valence-corrected chi connectivity index (χ4v) is 2.95. The highest BCUT2D eigenvalue weighted by Crippen LogP contribution is 2.29. The zero-order valence-electron chi connectivity index (χ0n) is 12.6. The maximum absolute atomic E-state index is 4.62. The van der Waals surface area contributed by atoms with Crippen LogP contribution in [0.4, 0.5) is 11.8 Å². The van der Waals surface area contributed by atoms with Gasteiger partial charge < -0.3 is 10.6 Å². The van der Waals surface area contributed by atoms with Gasteiger partial charge in [-0.1, -0.05) is 26.7 Å². The van der Waals surface area contributed by atoms with Gasteiger partial charge in [0.25, 0.3) is 0 Å². The number of nitrogens with zero attached hydrogens (tertiary/aromatic N) is 2. The first-order chi connectivity index (χ1) is 9.74. The van der Waals surface area contributed by atoms with Gasteiger partial charge in [0, 0.05) is 18.0 Å². The fraction of sp³-hybridized carbons (Fsp3) is 0.600. The molecule has 2 rings (SSSR count). The summed E-state index contributed by atoms with van der Waals surface area (Å²) in [7, 11) is 0. The van der Waals surface area contributed by atoms with E-state index in [1.807, 2.05) is 0 Å². The lowest BCUT2D eigenvalue weighted by atomic mass is 10.2. The van der Waals surface area contributed by atoms with E-state index in [1.165, 1.54) is 24.1 Å². The summed E-state index contributed by atoms with van der Waals surface area (Å²) < 4.78 is 0. The molecule has 0 radical (unpaired) electrons. The molecule has 0 aliphatic rings. The van der Waals surface area contributed by atoms with E-state index < -0.39 is 0 Å².